The van der Waals surface area contributed by atoms with Gasteiger partial charge in [-0.05, 0) is 43.5 Å². The molecule has 2 aliphatic rings. The van der Waals surface area contributed by atoms with Crippen LogP contribution in [0.3, 0.4) is 0 Å². The van der Waals surface area contributed by atoms with Gasteiger partial charge in [-0.25, -0.2) is 15.0 Å². The zero-order chi connectivity index (χ0) is 27.6. The molecule has 0 saturated carbocycles. The molecule has 0 radical (unpaired) electrons. The second-order valence-electron chi connectivity index (χ2n) is 9.96. The number of methoxy groups -OCH3 is 2. The molecule has 9 nitrogen and oxygen atoms in total. The van der Waals surface area contributed by atoms with Gasteiger partial charge >= 0.3 is 0 Å². The van der Waals surface area contributed by atoms with E-state index in [9.17, 15) is 4.79 Å². The number of benzene rings is 1. The van der Waals surface area contributed by atoms with Gasteiger partial charge in [0, 0.05) is 42.3 Å². The highest BCUT2D eigenvalue weighted by Crippen LogP contribution is 2.41. The third-order valence-corrected chi connectivity index (χ3v) is 8.42. The minimum Gasteiger partial charge on any atom is -0.497 e. The molecule has 206 valence electrons. The molecule has 1 aromatic carbocycles. The zero-order valence-corrected chi connectivity index (χ0v) is 23.6. The number of carbonyl (C=O) groups is 1. The maximum absolute atomic E-state index is 13.1. The van der Waals surface area contributed by atoms with Crippen LogP contribution in [-0.2, 0) is 4.74 Å². The molecule has 0 aliphatic carbocycles. The Balaban J connectivity index is 1.25. The molecule has 1 N–H and O–H groups in total. The lowest BCUT2D eigenvalue weighted by Crippen LogP contribution is -2.51. The normalized spacial score (nSPS) is 19.2. The summed E-state index contributed by atoms with van der Waals surface area (Å²) in [5.74, 6) is 1.21. The maximum Gasteiger partial charge on any atom is 0.233 e. The zero-order valence-electron chi connectivity index (χ0n) is 22.1. The topological polar surface area (TPSA) is 98.7 Å². The van der Waals surface area contributed by atoms with Gasteiger partial charge in [0.1, 0.15) is 22.3 Å². The third kappa shape index (κ3) is 5.54. The number of pyridine rings is 1. The molecule has 5 rings (SSSR count). The first-order chi connectivity index (χ1) is 18.8. The predicted molar refractivity (Wildman–Crippen MR) is 149 cm³/mol. The first-order valence-electron chi connectivity index (χ1n) is 12.8. The Bertz CT molecular complexity index is 1330. The van der Waals surface area contributed by atoms with Gasteiger partial charge in [0.25, 0.3) is 0 Å². The summed E-state index contributed by atoms with van der Waals surface area (Å²) in [4.78, 5) is 28.1. The number of halogens is 2. The molecule has 1 spiro atoms. The third-order valence-electron chi connectivity index (χ3n) is 7.79. The van der Waals surface area contributed by atoms with Crippen LogP contribution in [0.1, 0.15) is 47.4 Å². The van der Waals surface area contributed by atoms with Crippen molar-refractivity contribution in [2.75, 3.05) is 45.4 Å². The lowest BCUT2D eigenvalue weighted by atomic mass is 9.74. The highest BCUT2D eigenvalue weighted by Gasteiger charge is 2.46. The molecule has 0 unspecified atom stereocenters. The van der Waals surface area contributed by atoms with Crippen molar-refractivity contribution in [2.45, 2.75) is 31.8 Å². The van der Waals surface area contributed by atoms with Crippen molar-refractivity contribution >= 4 is 34.8 Å². The first kappa shape index (κ1) is 27.6. The van der Waals surface area contributed by atoms with E-state index in [1.54, 1.807) is 13.3 Å². The van der Waals surface area contributed by atoms with Gasteiger partial charge in [-0.2, -0.15) is 0 Å². The summed E-state index contributed by atoms with van der Waals surface area (Å²) in [6.07, 6.45) is 4.92. The molecule has 0 amide bonds. The number of carbonyl (C=O) groups excluding carboxylic acids is 1. The summed E-state index contributed by atoms with van der Waals surface area (Å²) in [5, 5.41) is 3.95. The van der Waals surface area contributed by atoms with Crippen LogP contribution in [-0.4, -0.2) is 67.3 Å². The minimum absolute atomic E-state index is 0.0293. The number of rotatable bonds is 8. The molecule has 0 bridgehead atoms. The van der Waals surface area contributed by atoms with Crippen LogP contribution in [0.15, 0.2) is 42.7 Å². The second kappa shape index (κ2) is 11.6. The largest absolute Gasteiger partial charge is 0.497 e. The fourth-order valence-electron chi connectivity index (χ4n) is 5.38. The fourth-order valence-corrected chi connectivity index (χ4v) is 5.88. The van der Waals surface area contributed by atoms with Crippen LogP contribution in [0.5, 0.6) is 11.6 Å². The fraction of sp³-hybridized carbons (Fsp3) is 0.429. The molecule has 11 heteroatoms. The molecule has 2 fully saturated rings. The number of piperidine rings is 1. The quantitative estimate of drug-likeness (QED) is 0.383. The molecule has 2 saturated heterocycles. The maximum atomic E-state index is 13.1. The Labute approximate surface area is 237 Å². The van der Waals surface area contributed by atoms with E-state index in [0.29, 0.717) is 12.4 Å². The standard InChI is InChI=1S/C28H31Cl2N5O4/c1-17(18-4-6-19(37-2)7-5-18)33-21-15-39-16-28(21)9-12-35(13-10-28)22-14-32-24(26(30)34-22)25(36)20-8-11-31-27(38-3)23(20)29/h4-8,11,14,17,21,33H,9-10,12-13,15-16H2,1-3H3/t17-,21-/m1/s1. The molecule has 2 atom stereocenters. The van der Waals surface area contributed by atoms with Gasteiger partial charge in [0.15, 0.2) is 5.15 Å². The van der Waals surface area contributed by atoms with E-state index < -0.39 is 5.78 Å². The average Bonchev–Trinajstić information content (AvgIpc) is 3.34. The van der Waals surface area contributed by atoms with Crippen molar-refractivity contribution in [2.24, 2.45) is 5.41 Å². The minimum atomic E-state index is -0.439. The number of nitrogens with zero attached hydrogens (tertiary/aromatic N) is 4. The number of hydrogen-bond donors (Lipinski definition) is 1. The highest BCUT2D eigenvalue weighted by atomic mass is 35.5. The number of hydrogen-bond acceptors (Lipinski definition) is 9. The SMILES string of the molecule is COc1ccc([C@@H](C)N[C@@H]2COCC23CCN(c2cnc(C(=O)c4ccnc(OC)c4Cl)c(Cl)n2)CC3)cc1. The molecule has 2 aromatic heterocycles. The van der Waals surface area contributed by atoms with Crippen molar-refractivity contribution in [3.05, 3.63) is 69.7 Å². The van der Waals surface area contributed by atoms with Crippen molar-refractivity contribution in [3.63, 3.8) is 0 Å². The Hall–Kier alpha value is -2.98. The van der Waals surface area contributed by atoms with Gasteiger partial charge in [-0.1, -0.05) is 35.3 Å². The van der Waals surface area contributed by atoms with E-state index in [2.05, 4.69) is 44.2 Å². The van der Waals surface area contributed by atoms with Gasteiger partial charge < -0.3 is 24.4 Å². The predicted octanol–water partition coefficient (Wildman–Crippen LogP) is 4.76. The number of anilines is 1. The highest BCUT2D eigenvalue weighted by molar-refractivity contribution is 6.38. The average molecular weight is 572 g/mol. The summed E-state index contributed by atoms with van der Waals surface area (Å²) in [6.45, 7) is 5.15. The number of nitrogens with one attached hydrogen (secondary N) is 1. The van der Waals surface area contributed by atoms with Crippen molar-refractivity contribution in [3.8, 4) is 11.6 Å². The Kier molecular flexibility index (Phi) is 8.23. The Morgan fingerprint density at radius 3 is 2.54 bits per heavy atom. The van der Waals surface area contributed by atoms with E-state index in [1.807, 2.05) is 12.1 Å². The van der Waals surface area contributed by atoms with Crippen molar-refractivity contribution in [1.82, 2.24) is 20.3 Å². The van der Waals surface area contributed by atoms with Crippen LogP contribution in [0.4, 0.5) is 5.82 Å². The molecule has 4 heterocycles. The number of ether oxygens (including phenoxy) is 3. The van der Waals surface area contributed by atoms with E-state index in [1.165, 1.54) is 24.9 Å². The van der Waals surface area contributed by atoms with Crippen molar-refractivity contribution < 1.29 is 19.0 Å². The van der Waals surface area contributed by atoms with Crippen LogP contribution in [0.2, 0.25) is 10.2 Å². The molecular formula is C28H31Cl2N5O4. The lowest BCUT2D eigenvalue weighted by Gasteiger charge is -2.43. The molecular weight excluding hydrogens is 541 g/mol. The molecule has 39 heavy (non-hydrogen) atoms. The van der Waals surface area contributed by atoms with Crippen LogP contribution in [0, 0.1) is 5.41 Å². The van der Waals surface area contributed by atoms with E-state index >= 15 is 0 Å². The van der Waals surface area contributed by atoms with E-state index in [0.717, 1.165) is 38.3 Å². The summed E-state index contributed by atoms with van der Waals surface area (Å²) < 4.78 is 16.4. The van der Waals surface area contributed by atoms with E-state index in [4.69, 9.17) is 37.4 Å². The number of ketones is 1. The summed E-state index contributed by atoms with van der Waals surface area (Å²) in [6, 6.07) is 10.1. The monoisotopic (exact) mass is 571 g/mol. The summed E-state index contributed by atoms with van der Waals surface area (Å²) >= 11 is 12.7. The second-order valence-corrected chi connectivity index (χ2v) is 10.7. The molecule has 3 aromatic rings. The Morgan fingerprint density at radius 2 is 1.87 bits per heavy atom. The van der Waals surface area contributed by atoms with Gasteiger partial charge in [-0.3, -0.25) is 4.79 Å². The van der Waals surface area contributed by atoms with E-state index in [-0.39, 0.29) is 44.8 Å². The summed E-state index contributed by atoms with van der Waals surface area (Å²) in [7, 11) is 3.11. The van der Waals surface area contributed by atoms with Gasteiger partial charge in [0.2, 0.25) is 11.7 Å². The lowest BCUT2D eigenvalue weighted by molar-refractivity contribution is 0.103. The smallest absolute Gasteiger partial charge is 0.233 e. The summed E-state index contributed by atoms with van der Waals surface area (Å²) in [5.41, 5.74) is 1.49. The number of aromatic nitrogens is 3. The van der Waals surface area contributed by atoms with Gasteiger partial charge in [-0.15, -0.1) is 0 Å². The Morgan fingerprint density at radius 1 is 1.13 bits per heavy atom. The first-order valence-corrected chi connectivity index (χ1v) is 13.6. The van der Waals surface area contributed by atoms with Crippen LogP contribution >= 0.6 is 23.2 Å². The van der Waals surface area contributed by atoms with Gasteiger partial charge in [0.05, 0.1) is 33.6 Å². The van der Waals surface area contributed by atoms with Crippen molar-refractivity contribution in [1.29, 1.82) is 0 Å². The molecule has 2 aliphatic heterocycles. The van der Waals surface area contributed by atoms with Crippen LogP contribution in [0.25, 0.3) is 0 Å². The van der Waals surface area contributed by atoms with Crippen LogP contribution < -0.4 is 19.7 Å².